The Kier molecular flexibility index (Phi) is 4.83. The number of thiophene rings is 1. The van der Waals surface area contributed by atoms with E-state index < -0.39 is 35.5 Å². The number of hydrogen-bond donors (Lipinski definition) is 1. The van der Waals surface area contributed by atoms with Crippen molar-refractivity contribution in [2.75, 3.05) is 5.32 Å². The van der Waals surface area contributed by atoms with Crippen LogP contribution in [-0.4, -0.2) is 15.5 Å². The van der Waals surface area contributed by atoms with Gasteiger partial charge in [-0.05, 0) is 24.3 Å². The average molecular weight is 417 g/mol. The number of halogens is 3. The number of hydrogen-bond acceptors (Lipinski definition) is 4. The van der Waals surface area contributed by atoms with E-state index in [4.69, 9.17) is 0 Å². The quantitative estimate of drug-likeness (QED) is 0.541. The van der Waals surface area contributed by atoms with Gasteiger partial charge in [0.05, 0.1) is 16.6 Å². The maximum atomic E-state index is 14.3. The Morgan fingerprint density at radius 1 is 1.17 bits per heavy atom. The first-order chi connectivity index (χ1) is 13.9. The Morgan fingerprint density at radius 2 is 1.97 bits per heavy atom. The summed E-state index contributed by atoms with van der Waals surface area (Å²) in [6, 6.07) is 7.23. The highest BCUT2D eigenvalue weighted by Gasteiger charge is 2.19. The zero-order valence-corrected chi connectivity index (χ0v) is 15.9. The third kappa shape index (κ3) is 3.38. The summed E-state index contributed by atoms with van der Waals surface area (Å²) in [4.78, 5) is 29.8. The fraction of sp³-hybridized carbons (Fsp3) is 0.150. The van der Waals surface area contributed by atoms with Crippen molar-refractivity contribution in [2.45, 2.75) is 19.9 Å². The van der Waals surface area contributed by atoms with Gasteiger partial charge in [-0.15, -0.1) is 11.3 Å². The van der Waals surface area contributed by atoms with Gasteiger partial charge in [0.15, 0.2) is 0 Å². The highest BCUT2D eigenvalue weighted by atomic mass is 32.1. The molecule has 9 heteroatoms. The Balaban J connectivity index is 1.77. The van der Waals surface area contributed by atoms with Gasteiger partial charge in [-0.25, -0.2) is 18.2 Å². The van der Waals surface area contributed by atoms with Crippen molar-refractivity contribution in [1.29, 1.82) is 0 Å². The van der Waals surface area contributed by atoms with Crippen molar-refractivity contribution < 1.29 is 18.0 Å². The SMILES string of the molecule is CCc1nc2c(sc3cccc(F)c32)c(=O)n1CC(=O)Nc1cc(F)ccc1F. The molecule has 29 heavy (non-hydrogen) atoms. The van der Waals surface area contributed by atoms with E-state index >= 15 is 0 Å². The van der Waals surface area contributed by atoms with Crippen LogP contribution < -0.4 is 10.9 Å². The molecule has 0 saturated heterocycles. The molecule has 0 atom stereocenters. The van der Waals surface area contributed by atoms with Crippen LogP contribution in [0.1, 0.15) is 12.7 Å². The minimum atomic E-state index is -0.795. The normalized spacial score (nSPS) is 11.3. The molecule has 0 bridgehead atoms. The molecule has 2 aromatic carbocycles. The molecule has 0 spiro atoms. The van der Waals surface area contributed by atoms with Gasteiger partial charge in [0.1, 0.15) is 34.5 Å². The highest BCUT2D eigenvalue weighted by molar-refractivity contribution is 7.25. The molecule has 1 amide bonds. The van der Waals surface area contributed by atoms with Gasteiger partial charge in [-0.3, -0.25) is 14.2 Å². The third-order valence-corrected chi connectivity index (χ3v) is 5.58. The molecule has 0 saturated carbocycles. The Labute approximate surface area is 166 Å². The van der Waals surface area contributed by atoms with E-state index in [1.54, 1.807) is 19.1 Å². The first-order valence-corrected chi connectivity index (χ1v) is 9.56. The van der Waals surface area contributed by atoms with Gasteiger partial charge >= 0.3 is 0 Å². The lowest BCUT2D eigenvalue weighted by atomic mass is 10.2. The second kappa shape index (κ2) is 7.32. The van der Waals surface area contributed by atoms with Gasteiger partial charge in [0.25, 0.3) is 5.56 Å². The molecule has 1 N–H and O–H groups in total. The largest absolute Gasteiger partial charge is 0.322 e. The zero-order valence-electron chi connectivity index (χ0n) is 15.1. The van der Waals surface area contributed by atoms with Crippen molar-refractivity contribution >= 4 is 43.2 Å². The van der Waals surface area contributed by atoms with Gasteiger partial charge in [-0.1, -0.05) is 13.0 Å². The lowest BCUT2D eigenvalue weighted by Crippen LogP contribution is -2.30. The lowest BCUT2D eigenvalue weighted by molar-refractivity contribution is -0.116. The van der Waals surface area contributed by atoms with Crippen molar-refractivity contribution in [3.8, 4) is 0 Å². The summed E-state index contributed by atoms with van der Waals surface area (Å²) in [5.41, 5.74) is -0.542. The molecule has 0 aliphatic rings. The number of nitrogens with zero attached hydrogens (tertiary/aromatic N) is 2. The Hall–Kier alpha value is -3.20. The molecule has 0 radical (unpaired) electrons. The summed E-state index contributed by atoms with van der Waals surface area (Å²) in [5, 5.41) is 2.54. The number of aromatic nitrogens is 2. The summed E-state index contributed by atoms with van der Waals surface area (Å²) in [7, 11) is 0. The van der Waals surface area contributed by atoms with E-state index in [2.05, 4.69) is 10.3 Å². The highest BCUT2D eigenvalue weighted by Crippen LogP contribution is 2.32. The molecular weight excluding hydrogens is 403 g/mol. The molecule has 0 aliphatic carbocycles. The van der Waals surface area contributed by atoms with Crippen molar-refractivity contribution in [1.82, 2.24) is 9.55 Å². The minimum Gasteiger partial charge on any atom is -0.322 e. The van der Waals surface area contributed by atoms with Crippen LogP contribution in [0.2, 0.25) is 0 Å². The predicted molar refractivity (Wildman–Crippen MR) is 106 cm³/mol. The number of rotatable bonds is 4. The molecule has 4 aromatic rings. The topological polar surface area (TPSA) is 64.0 Å². The van der Waals surface area contributed by atoms with E-state index in [1.807, 2.05) is 0 Å². The number of carbonyl (C=O) groups excluding carboxylic acids is 1. The van der Waals surface area contributed by atoms with Gasteiger partial charge < -0.3 is 5.32 Å². The van der Waals surface area contributed by atoms with Crippen LogP contribution >= 0.6 is 11.3 Å². The molecule has 148 valence electrons. The molecule has 2 aromatic heterocycles. The van der Waals surface area contributed by atoms with Gasteiger partial charge in [0, 0.05) is 17.2 Å². The van der Waals surface area contributed by atoms with Crippen LogP contribution in [0.4, 0.5) is 18.9 Å². The molecule has 0 aliphatic heterocycles. The second-order valence-corrected chi connectivity index (χ2v) is 7.39. The number of aryl methyl sites for hydroxylation is 1. The molecular formula is C20H14F3N3O2S. The predicted octanol–water partition coefficient (Wildman–Crippen LogP) is 4.23. The van der Waals surface area contributed by atoms with Crippen LogP contribution in [0.5, 0.6) is 0 Å². The zero-order chi connectivity index (χ0) is 20.7. The molecule has 5 nitrogen and oxygen atoms in total. The first kappa shape index (κ1) is 19.1. The summed E-state index contributed by atoms with van der Waals surface area (Å²) in [6.07, 6.45) is 0.318. The maximum absolute atomic E-state index is 14.3. The number of benzene rings is 2. The van der Waals surface area contributed by atoms with E-state index in [-0.39, 0.29) is 21.3 Å². The lowest BCUT2D eigenvalue weighted by Gasteiger charge is -2.12. The summed E-state index contributed by atoms with van der Waals surface area (Å²) in [5.74, 6) is -2.39. The van der Waals surface area contributed by atoms with E-state index in [9.17, 15) is 22.8 Å². The molecule has 0 unspecified atom stereocenters. The Morgan fingerprint density at radius 3 is 2.72 bits per heavy atom. The molecule has 2 heterocycles. The average Bonchev–Trinajstić information content (AvgIpc) is 3.07. The molecule has 0 fully saturated rings. The summed E-state index contributed by atoms with van der Waals surface area (Å²) in [6.45, 7) is 1.32. The smallest absolute Gasteiger partial charge is 0.272 e. The van der Waals surface area contributed by atoms with Crippen molar-refractivity contribution in [3.63, 3.8) is 0 Å². The third-order valence-electron chi connectivity index (χ3n) is 4.45. The van der Waals surface area contributed by atoms with Crippen molar-refractivity contribution in [3.05, 3.63) is 70.0 Å². The van der Waals surface area contributed by atoms with Crippen LogP contribution in [-0.2, 0) is 17.8 Å². The second-order valence-electron chi connectivity index (χ2n) is 6.34. The van der Waals surface area contributed by atoms with Crippen LogP contribution in [0.15, 0.2) is 41.2 Å². The van der Waals surface area contributed by atoms with Crippen LogP contribution in [0.25, 0.3) is 20.3 Å². The standard InChI is InChI=1S/C20H14F3N3O2S/c1-2-15-25-18-17-12(23)4-3-5-14(17)29-19(18)20(28)26(15)9-16(27)24-13-8-10(21)6-7-11(13)22/h3-8H,2,9H2,1H3,(H,24,27). The number of carbonyl (C=O) groups is 1. The van der Waals surface area contributed by atoms with Crippen molar-refractivity contribution in [2.24, 2.45) is 0 Å². The number of anilines is 1. The van der Waals surface area contributed by atoms with E-state index in [0.717, 1.165) is 29.5 Å². The first-order valence-electron chi connectivity index (χ1n) is 8.74. The monoisotopic (exact) mass is 417 g/mol. The number of amides is 1. The van der Waals surface area contributed by atoms with Crippen LogP contribution in [0, 0.1) is 17.5 Å². The fourth-order valence-electron chi connectivity index (χ4n) is 3.13. The van der Waals surface area contributed by atoms with Gasteiger partial charge in [0.2, 0.25) is 5.91 Å². The minimum absolute atomic E-state index is 0.229. The van der Waals surface area contributed by atoms with E-state index in [1.165, 1.54) is 10.6 Å². The fourth-order valence-corrected chi connectivity index (χ4v) is 4.24. The maximum Gasteiger partial charge on any atom is 0.272 e. The van der Waals surface area contributed by atoms with Gasteiger partial charge in [-0.2, -0.15) is 0 Å². The summed E-state index contributed by atoms with van der Waals surface area (Å²) >= 11 is 1.09. The number of nitrogens with one attached hydrogen (secondary N) is 1. The van der Waals surface area contributed by atoms with E-state index in [0.29, 0.717) is 16.9 Å². The Bertz CT molecular complexity index is 1330. The molecule has 4 rings (SSSR count). The number of fused-ring (bicyclic) bond motifs is 3. The van der Waals surface area contributed by atoms with Crippen LogP contribution in [0.3, 0.4) is 0 Å². The summed E-state index contributed by atoms with van der Waals surface area (Å²) < 4.78 is 43.3.